The summed E-state index contributed by atoms with van der Waals surface area (Å²) < 4.78 is 13.2. The van der Waals surface area contributed by atoms with Crippen molar-refractivity contribution in [2.45, 2.75) is 18.8 Å². The molecule has 2 aromatic rings. The van der Waals surface area contributed by atoms with Crippen LogP contribution >= 0.6 is 0 Å². The van der Waals surface area contributed by atoms with Gasteiger partial charge in [-0.25, -0.2) is 4.39 Å². The summed E-state index contributed by atoms with van der Waals surface area (Å²) in [4.78, 5) is 14.5. The average molecular weight is 246 g/mol. The lowest BCUT2D eigenvalue weighted by atomic mass is 9.88. The van der Waals surface area contributed by atoms with Crippen LogP contribution < -0.4 is 10.9 Å². The first-order valence-electron chi connectivity index (χ1n) is 6.27. The van der Waals surface area contributed by atoms with Gasteiger partial charge in [0.05, 0.1) is 5.39 Å². The quantitative estimate of drug-likeness (QED) is 0.809. The monoisotopic (exact) mass is 246 g/mol. The molecular weight excluding hydrogens is 231 g/mol. The van der Waals surface area contributed by atoms with E-state index in [0.29, 0.717) is 11.3 Å². The van der Waals surface area contributed by atoms with Crippen LogP contribution in [0.5, 0.6) is 0 Å². The van der Waals surface area contributed by atoms with Crippen molar-refractivity contribution in [2.24, 2.45) is 0 Å². The molecule has 1 fully saturated rings. The number of halogens is 1. The van der Waals surface area contributed by atoms with Crippen LogP contribution in [0.25, 0.3) is 10.8 Å². The lowest BCUT2D eigenvalue weighted by Crippen LogP contribution is -2.27. The minimum absolute atomic E-state index is 0.220. The maximum absolute atomic E-state index is 13.2. The van der Waals surface area contributed by atoms with Gasteiger partial charge in [0.15, 0.2) is 0 Å². The van der Waals surface area contributed by atoms with E-state index >= 15 is 0 Å². The van der Waals surface area contributed by atoms with Crippen LogP contribution in [0.2, 0.25) is 0 Å². The molecule has 0 aliphatic carbocycles. The Morgan fingerprint density at radius 3 is 2.72 bits per heavy atom. The molecule has 18 heavy (non-hydrogen) atoms. The Kier molecular flexibility index (Phi) is 2.88. The van der Waals surface area contributed by atoms with E-state index in [-0.39, 0.29) is 11.4 Å². The number of rotatable bonds is 1. The first kappa shape index (κ1) is 11.4. The third-order valence-corrected chi connectivity index (χ3v) is 3.67. The van der Waals surface area contributed by atoms with Crippen molar-refractivity contribution >= 4 is 10.8 Å². The highest BCUT2D eigenvalue weighted by Crippen LogP contribution is 2.29. The van der Waals surface area contributed by atoms with E-state index in [2.05, 4.69) is 10.3 Å². The fraction of sp³-hybridized carbons (Fsp3) is 0.357. The van der Waals surface area contributed by atoms with Gasteiger partial charge in [-0.05, 0) is 54.9 Å². The van der Waals surface area contributed by atoms with Gasteiger partial charge in [-0.3, -0.25) is 4.79 Å². The van der Waals surface area contributed by atoms with E-state index in [1.54, 1.807) is 12.3 Å². The number of piperidine rings is 1. The topological polar surface area (TPSA) is 44.9 Å². The van der Waals surface area contributed by atoms with Crippen molar-refractivity contribution in [3.63, 3.8) is 0 Å². The first-order valence-corrected chi connectivity index (χ1v) is 6.27. The van der Waals surface area contributed by atoms with E-state index < -0.39 is 0 Å². The Balaban J connectivity index is 2.17. The largest absolute Gasteiger partial charge is 0.328 e. The highest BCUT2D eigenvalue weighted by atomic mass is 19.1. The van der Waals surface area contributed by atoms with E-state index in [1.807, 2.05) is 0 Å². The molecule has 0 amide bonds. The molecule has 1 aliphatic rings. The number of benzene rings is 1. The summed E-state index contributed by atoms with van der Waals surface area (Å²) in [6, 6.07) is 4.46. The summed E-state index contributed by atoms with van der Waals surface area (Å²) in [5.41, 5.74) is 0.910. The Morgan fingerprint density at radius 2 is 1.94 bits per heavy atom. The van der Waals surface area contributed by atoms with E-state index in [4.69, 9.17) is 0 Å². The summed E-state index contributed by atoms with van der Waals surface area (Å²) in [5, 5.41) is 4.65. The number of fused-ring (bicyclic) bond motifs is 1. The van der Waals surface area contributed by atoms with Crippen molar-refractivity contribution in [3.05, 3.63) is 46.1 Å². The van der Waals surface area contributed by atoms with Gasteiger partial charge < -0.3 is 10.3 Å². The third-order valence-electron chi connectivity index (χ3n) is 3.67. The molecule has 0 atom stereocenters. The van der Waals surface area contributed by atoms with Crippen LogP contribution in [0.4, 0.5) is 4.39 Å². The Bertz CT molecular complexity index is 629. The van der Waals surface area contributed by atoms with Gasteiger partial charge in [0.1, 0.15) is 5.82 Å². The molecule has 0 radical (unpaired) electrons. The fourth-order valence-corrected chi connectivity index (χ4v) is 2.73. The zero-order chi connectivity index (χ0) is 12.5. The minimum atomic E-state index is -0.365. The lowest BCUT2D eigenvalue weighted by Gasteiger charge is -2.23. The zero-order valence-electron chi connectivity index (χ0n) is 10.0. The number of hydrogen-bond acceptors (Lipinski definition) is 2. The first-order chi connectivity index (χ1) is 8.75. The molecule has 1 aromatic carbocycles. The molecule has 1 aromatic heterocycles. The number of hydrogen-bond donors (Lipinski definition) is 2. The van der Waals surface area contributed by atoms with Crippen molar-refractivity contribution < 1.29 is 4.39 Å². The summed E-state index contributed by atoms with van der Waals surface area (Å²) in [5.74, 6) is 0.0755. The molecular formula is C14H15FN2O. The molecule has 2 N–H and O–H groups in total. The predicted molar refractivity (Wildman–Crippen MR) is 69.4 cm³/mol. The number of nitrogens with one attached hydrogen (secondary N) is 2. The Labute approximate surface area is 104 Å². The van der Waals surface area contributed by atoms with Crippen LogP contribution in [-0.4, -0.2) is 18.1 Å². The van der Waals surface area contributed by atoms with Gasteiger partial charge in [-0.2, -0.15) is 0 Å². The third kappa shape index (κ3) is 1.93. The van der Waals surface area contributed by atoms with Crippen molar-refractivity contribution in [2.75, 3.05) is 13.1 Å². The van der Waals surface area contributed by atoms with Gasteiger partial charge in [0.2, 0.25) is 0 Å². The van der Waals surface area contributed by atoms with Gasteiger partial charge in [0, 0.05) is 6.20 Å². The number of aromatic amines is 1. The molecule has 0 bridgehead atoms. The smallest absolute Gasteiger partial charge is 0.255 e. The van der Waals surface area contributed by atoms with Crippen LogP contribution in [-0.2, 0) is 0 Å². The van der Waals surface area contributed by atoms with Gasteiger partial charge >= 0.3 is 0 Å². The number of pyridine rings is 1. The van der Waals surface area contributed by atoms with Crippen molar-refractivity contribution in [1.29, 1.82) is 0 Å². The molecule has 0 spiro atoms. The van der Waals surface area contributed by atoms with Crippen LogP contribution in [0.3, 0.4) is 0 Å². The summed E-state index contributed by atoms with van der Waals surface area (Å²) in [7, 11) is 0. The molecule has 0 saturated carbocycles. The Morgan fingerprint density at radius 1 is 1.17 bits per heavy atom. The second-order valence-corrected chi connectivity index (χ2v) is 4.79. The van der Waals surface area contributed by atoms with Crippen LogP contribution in [0, 0.1) is 5.82 Å². The van der Waals surface area contributed by atoms with E-state index in [9.17, 15) is 9.18 Å². The fourth-order valence-electron chi connectivity index (χ4n) is 2.73. The predicted octanol–water partition coefficient (Wildman–Crippen LogP) is 2.13. The standard InChI is InChI=1S/C14H15FN2O/c15-10-1-2-11-12(7-10)14(18)17-8-13(11)9-3-5-16-6-4-9/h1-2,7-9,16H,3-6H2,(H,17,18). The minimum Gasteiger partial charge on any atom is -0.328 e. The van der Waals surface area contributed by atoms with Crippen LogP contribution in [0.15, 0.2) is 29.2 Å². The summed E-state index contributed by atoms with van der Waals surface area (Å²) in [6.07, 6.45) is 3.90. The van der Waals surface area contributed by atoms with Crippen molar-refractivity contribution in [3.8, 4) is 0 Å². The SMILES string of the molecule is O=c1[nH]cc(C2CCNCC2)c2ccc(F)cc12. The molecule has 1 saturated heterocycles. The summed E-state index contributed by atoms with van der Waals surface area (Å²) in [6.45, 7) is 1.99. The molecule has 0 unspecified atom stereocenters. The van der Waals surface area contributed by atoms with Crippen molar-refractivity contribution in [1.82, 2.24) is 10.3 Å². The molecule has 2 heterocycles. The molecule has 3 nitrogen and oxygen atoms in total. The summed E-state index contributed by atoms with van der Waals surface area (Å²) >= 11 is 0. The highest BCUT2D eigenvalue weighted by Gasteiger charge is 2.18. The maximum atomic E-state index is 13.2. The molecule has 1 aliphatic heterocycles. The highest BCUT2D eigenvalue weighted by molar-refractivity contribution is 5.85. The zero-order valence-corrected chi connectivity index (χ0v) is 10.0. The van der Waals surface area contributed by atoms with E-state index in [1.165, 1.54) is 12.1 Å². The average Bonchev–Trinajstić information content (AvgIpc) is 2.41. The molecule has 3 rings (SSSR count). The molecule has 4 heteroatoms. The van der Waals surface area contributed by atoms with Gasteiger partial charge in [0.25, 0.3) is 5.56 Å². The number of H-pyrrole nitrogens is 1. The maximum Gasteiger partial charge on any atom is 0.255 e. The van der Waals surface area contributed by atoms with E-state index in [0.717, 1.165) is 36.9 Å². The Hall–Kier alpha value is -1.68. The lowest BCUT2D eigenvalue weighted by molar-refractivity contribution is 0.461. The van der Waals surface area contributed by atoms with Gasteiger partial charge in [-0.1, -0.05) is 6.07 Å². The van der Waals surface area contributed by atoms with Crippen LogP contribution in [0.1, 0.15) is 24.3 Å². The number of aromatic nitrogens is 1. The second-order valence-electron chi connectivity index (χ2n) is 4.79. The normalized spacial score (nSPS) is 17.2. The second kappa shape index (κ2) is 4.53. The molecule has 94 valence electrons. The van der Waals surface area contributed by atoms with Gasteiger partial charge in [-0.15, -0.1) is 0 Å².